The van der Waals surface area contributed by atoms with Crippen molar-refractivity contribution in [1.82, 2.24) is 20.0 Å². The van der Waals surface area contributed by atoms with E-state index in [2.05, 4.69) is 24.0 Å². The van der Waals surface area contributed by atoms with Crippen LogP contribution in [0.25, 0.3) is 0 Å². The van der Waals surface area contributed by atoms with Crippen LogP contribution in [0.15, 0.2) is 18.2 Å². The molecule has 4 rings (SSSR count). The second-order valence-electron chi connectivity index (χ2n) is 8.54. The van der Waals surface area contributed by atoms with E-state index >= 15 is 0 Å². The number of carbonyl (C=O) groups is 2. The Kier molecular flexibility index (Phi) is 4.81. The number of ether oxygens (including phenoxy) is 1. The molecule has 2 bridgehead atoms. The Morgan fingerprint density at radius 3 is 2.86 bits per heavy atom. The molecule has 1 spiro atoms. The molecule has 7 heteroatoms. The molecule has 2 amide bonds. The highest BCUT2D eigenvalue weighted by Gasteiger charge is 2.67. The Labute approximate surface area is 166 Å². The van der Waals surface area contributed by atoms with Gasteiger partial charge in [0, 0.05) is 19.3 Å². The molecule has 0 aromatic carbocycles. The van der Waals surface area contributed by atoms with Crippen molar-refractivity contribution in [3.63, 3.8) is 0 Å². The van der Waals surface area contributed by atoms with Crippen LogP contribution in [0, 0.1) is 24.7 Å². The van der Waals surface area contributed by atoms with Gasteiger partial charge < -0.3 is 14.5 Å². The molecule has 1 N–H and O–H groups in total. The minimum Gasteiger partial charge on any atom is -0.360 e. The maximum Gasteiger partial charge on any atom is 0.230 e. The molecule has 152 valence electrons. The van der Waals surface area contributed by atoms with Crippen LogP contribution in [0.5, 0.6) is 0 Å². The number of nitrogens with zero attached hydrogens (tertiary/aromatic N) is 3. The van der Waals surface area contributed by atoms with Crippen molar-refractivity contribution in [3.05, 3.63) is 29.6 Å². The number of hydrogen-bond acceptors (Lipinski definition) is 4. The molecule has 3 aliphatic rings. The fourth-order valence-electron chi connectivity index (χ4n) is 5.00. The maximum atomic E-state index is 13.3. The summed E-state index contributed by atoms with van der Waals surface area (Å²) in [7, 11) is 1.77. The third kappa shape index (κ3) is 2.96. The van der Waals surface area contributed by atoms with Crippen LogP contribution in [-0.4, -0.2) is 63.7 Å². The van der Waals surface area contributed by atoms with Gasteiger partial charge in [0.1, 0.15) is 5.60 Å². The van der Waals surface area contributed by atoms with E-state index < -0.39 is 17.4 Å². The molecule has 2 fully saturated rings. The van der Waals surface area contributed by atoms with Gasteiger partial charge in [-0.1, -0.05) is 38.8 Å². The lowest BCUT2D eigenvalue weighted by Gasteiger charge is -2.27. The number of hydrogen-bond donors (Lipinski definition) is 1. The quantitative estimate of drug-likeness (QED) is 0.726. The molecular formula is C21H30N4O3. The number of rotatable bonds is 7. The predicted octanol–water partition coefficient (Wildman–Crippen LogP) is 1.89. The Balaban J connectivity index is 1.52. The van der Waals surface area contributed by atoms with Gasteiger partial charge in [0.15, 0.2) is 0 Å². The van der Waals surface area contributed by atoms with Gasteiger partial charge in [-0.3, -0.25) is 14.7 Å². The minimum atomic E-state index is -0.627. The molecule has 0 saturated carbocycles. The Hall–Kier alpha value is -2.15. The zero-order valence-electron chi connectivity index (χ0n) is 17.1. The fraction of sp³-hybridized carbons (Fsp3) is 0.667. The summed E-state index contributed by atoms with van der Waals surface area (Å²) in [6.45, 7) is 7.98. The van der Waals surface area contributed by atoms with E-state index in [1.807, 2.05) is 30.0 Å². The van der Waals surface area contributed by atoms with Gasteiger partial charge in [-0.05, 0) is 18.9 Å². The largest absolute Gasteiger partial charge is 0.360 e. The molecule has 4 heterocycles. The maximum absolute atomic E-state index is 13.3. The Bertz CT molecular complexity index is 799. The molecular weight excluding hydrogens is 356 g/mol. The number of likely N-dealkylation sites (tertiary alicyclic amines) is 1. The van der Waals surface area contributed by atoms with Gasteiger partial charge in [0.05, 0.1) is 36.7 Å². The van der Waals surface area contributed by atoms with E-state index in [-0.39, 0.29) is 17.9 Å². The molecule has 7 nitrogen and oxygen atoms in total. The van der Waals surface area contributed by atoms with Crippen LogP contribution in [0.3, 0.4) is 0 Å². The molecule has 0 aliphatic carbocycles. The van der Waals surface area contributed by atoms with Crippen LogP contribution < -0.4 is 0 Å². The number of fused-ring (bicyclic) bond motifs is 1. The number of nitrogens with one attached hydrogen (secondary N) is 1. The van der Waals surface area contributed by atoms with Crippen molar-refractivity contribution in [2.75, 3.05) is 20.1 Å². The first kappa shape index (κ1) is 19.2. The zero-order chi connectivity index (χ0) is 20.1. The van der Waals surface area contributed by atoms with E-state index in [4.69, 9.17) is 4.74 Å². The van der Waals surface area contributed by atoms with Crippen molar-refractivity contribution in [3.8, 4) is 0 Å². The van der Waals surface area contributed by atoms with Crippen LogP contribution >= 0.6 is 0 Å². The summed E-state index contributed by atoms with van der Waals surface area (Å²) in [5.41, 5.74) is 1.15. The molecule has 4 atom stereocenters. The summed E-state index contributed by atoms with van der Waals surface area (Å²) >= 11 is 0. The van der Waals surface area contributed by atoms with Gasteiger partial charge in [0.2, 0.25) is 11.8 Å². The summed E-state index contributed by atoms with van der Waals surface area (Å²) in [4.78, 5) is 30.1. The minimum absolute atomic E-state index is 0.0420. The average Bonchev–Trinajstić information content (AvgIpc) is 3.41. The number of aromatic nitrogens is 2. The van der Waals surface area contributed by atoms with Gasteiger partial charge >= 0.3 is 0 Å². The van der Waals surface area contributed by atoms with Crippen molar-refractivity contribution in [2.45, 2.75) is 51.9 Å². The SMILES string of the molecule is CCC(CC)CN1C[C@]23C=C[C@H](O2)[C@H](C(=O)N(C)Cc2cc(C)[nH]n2)[C@@H]3C1=O. The first-order valence-electron chi connectivity index (χ1n) is 10.3. The topological polar surface area (TPSA) is 78.5 Å². The monoisotopic (exact) mass is 386 g/mol. The number of aromatic amines is 1. The summed E-state index contributed by atoms with van der Waals surface area (Å²) < 4.78 is 6.23. The van der Waals surface area contributed by atoms with Crippen molar-refractivity contribution < 1.29 is 14.3 Å². The third-order valence-electron chi connectivity index (χ3n) is 6.63. The summed E-state index contributed by atoms with van der Waals surface area (Å²) in [6, 6.07) is 1.93. The molecule has 3 aliphatic heterocycles. The predicted molar refractivity (Wildman–Crippen MR) is 104 cm³/mol. The number of carbonyl (C=O) groups excluding carboxylic acids is 2. The lowest BCUT2D eigenvalue weighted by atomic mass is 9.76. The van der Waals surface area contributed by atoms with Crippen LogP contribution in [0.2, 0.25) is 0 Å². The number of aryl methyl sites for hydroxylation is 1. The summed E-state index contributed by atoms with van der Waals surface area (Å²) in [6.07, 6.45) is 5.78. The van der Waals surface area contributed by atoms with Gasteiger partial charge in [-0.2, -0.15) is 5.10 Å². The van der Waals surface area contributed by atoms with E-state index in [0.29, 0.717) is 19.0 Å². The van der Waals surface area contributed by atoms with Crippen LogP contribution in [0.4, 0.5) is 0 Å². The first-order chi connectivity index (χ1) is 13.4. The highest BCUT2D eigenvalue weighted by Crippen LogP contribution is 2.52. The third-order valence-corrected chi connectivity index (χ3v) is 6.63. The molecule has 1 aromatic rings. The summed E-state index contributed by atoms with van der Waals surface area (Å²) in [5, 5.41) is 7.12. The zero-order valence-corrected chi connectivity index (χ0v) is 17.1. The van der Waals surface area contributed by atoms with E-state index in [9.17, 15) is 9.59 Å². The fourth-order valence-corrected chi connectivity index (χ4v) is 5.00. The highest BCUT2D eigenvalue weighted by atomic mass is 16.5. The van der Waals surface area contributed by atoms with Gasteiger partial charge in [-0.15, -0.1) is 0 Å². The van der Waals surface area contributed by atoms with Crippen molar-refractivity contribution in [1.29, 1.82) is 0 Å². The molecule has 0 unspecified atom stereocenters. The number of H-pyrrole nitrogens is 1. The van der Waals surface area contributed by atoms with E-state index in [0.717, 1.165) is 30.8 Å². The van der Waals surface area contributed by atoms with Gasteiger partial charge in [-0.25, -0.2) is 0 Å². The lowest BCUT2D eigenvalue weighted by Crippen LogP contribution is -2.44. The van der Waals surface area contributed by atoms with Crippen LogP contribution in [-0.2, 0) is 20.9 Å². The standard InChI is InChI=1S/C21H30N4O3/c1-5-14(6-2)10-25-12-21-8-7-16(28-21)17(18(21)20(25)27)19(26)24(4)11-15-9-13(3)22-23-15/h7-9,14,16-18H,5-6,10-12H2,1-4H3,(H,22,23)/t16-,17-,18+,21-/m0/s1. The Morgan fingerprint density at radius 2 is 2.21 bits per heavy atom. The molecule has 2 saturated heterocycles. The second-order valence-corrected chi connectivity index (χ2v) is 8.54. The highest BCUT2D eigenvalue weighted by molar-refractivity contribution is 5.93. The molecule has 0 radical (unpaired) electrons. The van der Waals surface area contributed by atoms with Crippen LogP contribution in [0.1, 0.15) is 38.1 Å². The van der Waals surface area contributed by atoms with Gasteiger partial charge in [0.25, 0.3) is 0 Å². The van der Waals surface area contributed by atoms with Crippen molar-refractivity contribution in [2.24, 2.45) is 17.8 Å². The van der Waals surface area contributed by atoms with E-state index in [1.165, 1.54) is 0 Å². The lowest BCUT2D eigenvalue weighted by molar-refractivity contribution is -0.143. The molecule has 1 aromatic heterocycles. The average molecular weight is 386 g/mol. The summed E-state index contributed by atoms with van der Waals surface area (Å²) in [5.74, 6) is -0.345. The first-order valence-corrected chi connectivity index (χ1v) is 10.3. The second kappa shape index (κ2) is 7.03. The normalized spacial score (nSPS) is 30.5. The number of amides is 2. The smallest absolute Gasteiger partial charge is 0.230 e. The Morgan fingerprint density at radius 1 is 1.46 bits per heavy atom. The molecule has 28 heavy (non-hydrogen) atoms. The van der Waals surface area contributed by atoms with Crippen molar-refractivity contribution >= 4 is 11.8 Å². The van der Waals surface area contributed by atoms with E-state index in [1.54, 1.807) is 11.9 Å².